The molecular formula is C26H31N7O4S. The number of aliphatic hydroxyl groups is 1. The van der Waals surface area contributed by atoms with Crippen LogP contribution < -0.4 is 14.2 Å². The van der Waals surface area contributed by atoms with E-state index in [9.17, 15) is 5.11 Å². The fourth-order valence-corrected chi connectivity index (χ4v) is 4.58. The Kier molecular flexibility index (Phi) is 9.10. The number of benzene rings is 1. The second-order valence-electron chi connectivity index (χ2n) is 8.50. The third-order valence-electron chi connectivity index (χ3n) is 5.63. The molecule has 0 saturated carbocycles. The molecule has 38 heavy (non-hydrogen) atoms. The van der Waals surface area contributed by atoms with Crippen molar-refractivity contribution in [3.05, 3.63) is 66.0 Å². The van der Waals surface area contributed by atoms with Crippen molar-refractivity contribution >= 4 is 17.9 Å². The predicted molar refractivity (Wildman–Crippen MR) is 146 cm³/mol. The summed E-state index contributed by atoms with van der Waals surface area (Å²) in [6.07, 6.45) is 6.54. The highest BCUT2D eigenvalue weighted by atomic mass is 32.2. The van der Waals surface area contributed by atoms with Gasteiger partial charge in [0.15, 0.2) is 11.6 Å². The zero-order valence-corrected chi connectivity index (χ0v) is 22.8. The third-order valence-corrected chi connectivity index (χ3v) is 6.55. The zero-order valence-electron chi connectivity index (χ0n) is 22.0. The number of hydrogen-bond acceptors (Lipinski definition) is 11. The Balaban J connectivity index is 1.72. The van der Waals surface area contributed by atoms with E-state index in [0.29, 0.717) is 34.8 Å². The van der Waals surface area contributed by atoms with Gasteiger partial charge in [0.05, 0.1) is 32.7 Å². The number of aromatic nitrogens is 6. The van der Waals surface area contributed by atoms with Crippen LogP contribution in [-0.4, -0.2) is 67.5 Å². The lowest BCUT2D eigenvalue weighted by Crippen LogP contribution is -2.21. The summed E-state index contributed by atoms with van der Waals surface area (Å²) in [6, 6.07) is 7.54. The first-order valence-electron chi connectivity index (χ1n) is 12.0. The number of methoxy groups -OCH3 is 2. The monoisotopic (exact) mass is 537 g/mol. The molecule has 2 atom stereocenters. The van der Waals surface area contributed by atoms with Crippen LogP contribution in [0.25, 0.3) is 17.1 Å². The second-order valence-corrected chi connectivity index (χ2v) is 9.69. The summed E-state index contributed by atoms with van der Waals surface area (Å²) < 4.78 is 22.5. The van der Waals surface area contributed by atoms with E-state index < -0.39 is 6.10 Å². The van der Waals surface area contributed by atoms with Gasteiger partial charge in [0, 0.05) is 30.4 Å². The van der Waals surface area contributed by atoms with Gasteiger partial charge in [0.1, 0.15) is 23.3 Å². The van der Waals surface area contributed by atoms with Crippen molar-refractivity contribution in [2.75, 3.05) is 32.2 Å². The molecular weight excluding hydrogens is 506 g/mol. The largest absolute Gasteiger partial charge is 0.494 e. The van der Waals surface area contributed by atoms with E-state index in [2.05, 4.69) is 29.9 Å². The highest BCUT2D eigenvalue weighted by Gasteiger charge is 2.27. The number of aliphatic hydroxyl groups excluding tert-OH is 1. The van der Waals surface area contributed by atoms with Gasteiger partial charge in [0.25, 0.3) is 0 Å². The first-order chi connectivity index (χ1) is 18.5. The van der Waals surface area contributed by atoms with E-state index in [4.69, 9.17) is 14.2 Å². The molecule has 4 rings (SSSR count). The van der Waals surface area contributed by atoms with E-state index >= 15 is 0 Å². The maximum Gasteiger partial charge on any atom is 0.239 e. The van der Waals surface area contributed by atoms with Crippen LogP contribution in [0.15, 0.2) is 49.1 Å². The molecule has 0 spiro atoms. The molecule has 12 heteroatoms. The lowest BCUT2D eigenvalue weighted by atomic mass is 10.2. The first-order valence-corrected chi connectivity index (χ1v) is 12.9. The minimum absolute atomic E-state index is 0.108. The number of nitrogens with zero attached hydrogens (tertiary/aromatic N) is 6. The molecule has 0 radical (unpaired) electrons. The molecule has 3 heterocycles. The molecule has 0 bridgehead atoms. The van der Waals surface area contributed by atoms with Gasteiger partial charge in [-0.05, 0) is 62.0 Å². The van der Waals surface area contributed by atoms with Gasteiger partial charge in [-0.3, -0.25) is 14.3 Å². The molecule has 2 N–H and O–H groups in total. The molecule has 11 nitrogen and oxygen atoms in total. The van der Waals surface area contributed by atoms with E-state index in [1.165, 1.54) is 11.9 Å². The molecule has 0 aliphatic rings. The Morgan fingerprint density at radius 1 is 1.00 bits per heavy atom. The quantitative estimate of drug-likeness (QED) is 0.255. The van der Waals surface area contributed by atoms with Crippen LogP contribution in [0.1, 0.15) is 30.0 Å². The molecule has 3 aromatic heterocycles. The van der Waals surface area contributed by atoms with Crippen LogP contribution in [0.2, 0.25) is 0 Å². The van der Waals surface area contributed by atoms with Crippen molar-refractivity contribution in [2.45, 2.75) is 32.1 Å². The average molecular weight is 538 g/mol. The highest BCUT2D eigenvalue weighted by molar-refractivity contribution is 8.01. The second kappa shape index (κ2) is 12.7. The molecule has 0 aliphatic heterocycles. The van der Waals surface area contributed by atoms with Crippen molar-refractivity contribution in [1.29, 1.82) is 0 Å². The first kappa shape index (κ1) is 27.3. The lowest BCUT2D eigenvalue weighted by molar-refractivity contribution is 0.0241. The molecule has 0 aliphatic carbocycles. The molecule has 0 saturated heterocycles. The number of para-hydroxylation sites is 1. The van der Waals surface area contributed by atoms with Gasteiger partial charge in [-0.2, -0.15) is 0 Å². The summed E-state index contributed by atoms with van der Waals surface area (Å²) in [5.74, 6) is 2.72. The van der Waals surface area contributed by atoms with Gasteiger partial charge in [-0.15, -0.1) is 10.2 Å². The summed E-state index contributed by atoms with van der Waals surface area (Å²) in [5.41, 5.74) is 3.37. The Hall–Kier alpha value is -3.74. The lowest BCUT2D eigenvalue weighted by Gasteiger charge is -2.23. The standard InChI is InChI=1S/C26H31N7O4S/c1-16-11-19(15-27-12-16)25-30-31-26(33(25)22-20(35-4)7-6-8-21(22)36-5)32-38-18(3)23(37-10-9-34)24-28-13-17(2)14-29-24/h6-8,11-15,18,23,34H,9-10H2,1-5H3,(H,31,32). The normalized spacial score (nSPS) is 12.7. The molecule has 0 fully saturated rings. The SMILES string of the molecule is COc1cccc(OC)c1-n1c(NSC(C)C(OCCO)c2ncc(C)cn2)nnc1-c1cncc(C)c1. The van der Waals surface area contributed by atoms with E-state index in [-0.39, 0.29) is 18.5 Å². The smallest absolute Gasteiger partial charge is 0.239 e. The fraction of sp³-hybridized carbons (Fsp3) is 0.346. The molecule has 1 aromatic carbocycles. The Bertz CT molecular complexity index is 1330. The number of nitrogens with one attached hydrogen (secondary N) is 1. The Labute approximate surface area is 225 Å². The van der Waals surface area contributed by atoms with Crippen LogP contribution in [0.5, 0.6) is 11.5 Å². The van der Waals surface area contributed by atoms with E-state index in [1.807, 2.05) is 49.6 Å². The Morgan fingerprint density at radius 3 is 2.34 bits per heavy atom. The summed E-state index contributed by atoms with van der Waals surface area (Å²) >= 11 is 1.38. The van der Waals surface area contributed by atoms with Crippen molar-refractivity contribution in [3.63, 3.8) is 0 Å². The third kappa shape index (κ3) is 6.04. The molecule has 200 valence electrons. The molecule has 2 unspecified atom stereocenters. The number of rotatable bonds is 12. The fourth-order valence-electron chi connectivity index (χ4n) is 3.84. The van der Waals surface area contributed by atoms with Gasteiger partial charge in [-0.25, -0.2) is 9.97 Å². The topological polar surface area (TPSA) is 129 Å². The maximum atomic E-state index is 9.35. The van der Waals surface area contributed by atoms with Crippen molar-refractivity contribution in [3.8, 4) is 28.6 Å². The average Bonchev–Trinajstić information content (AvgIpc) is 3.36. The van der Waals surface area contributed by atoms with Crippen LogP contribution in [0, 0.1) is 13.8 Å². The van der Waals surface area contributed by atoms with E-state index in [0.717, 1.165) is 16.7 Å². The van der Waals surface area contributed by atoms with Crippen LogP contribution >= 0.6 is 11.9 Å². The van der Waals surface area contributed by atoms with Crippen molar-refractivity contribution in [1.82, 2.24) is 29.7 Å². The molecule has 0 amide bonds. The number of ether oxygens (including phenoxy) is 3. The zero-order chi connectivity index (χ0) is 27.1. The van der Waals surface area contributed by atoms with Crippen LogP contribution in [0.4, 0.5) is 5.95 Å². The van der Waals surface area contributed by atoms with Crippen molar-refractivity contribution < 1.29 is 19.3 Å². The van der Waals surface area contributed by atoms with Gasteiger partial charge in [0.2, 0.25) is 5.95 Å². The minimum atomic E-state index is -0.474. The number of hydrogen-bond donors (Lipinski definition) is 2. The van der Waals surface area contributed by atoms with Gasteiger partial charge >= 0.3 is 0 Å². The highest BCUT2D eigenvalue weighted by Crippen LogP contribution is 2.38. The number of pyridine rings is 1. The van der Waals surface area contributed by atoms with E-state index in [1.54, 1.807) is 39.0 Å². The Morgan fingerprint density at radius 2 is 1.71 bits per heavy atom. The minimum Gasteiger partial charge on any atom is -0.494 e. The summed E-state index contributed by atoms with van der Waals surface area (Å²) in [4.78, 5) is 13.2. The number of aryl methyl sites for hydroxylation is 2. The van der Waals surface area contributed by atoms with Crippen LogP contribution in [-0.2, 0) is 4.74 Å². The van der Waals surface area contributed by atoms with Crippen molar-refractivity contribution in [2.24, 2.45) is 0 Å². The summed E-state index contributed by atoms with van der Waals surface area (Å²) in [6.45, 7) is 5.93. The number of anilines is 1. The summed E-state index contributed by atoms with van der Waals surface area (Å²) in [5, 5.41) is 18.1. The van der Waals surface area contributed by atoms with Gasteiger partial charge < -0.3 is 19.3 Å². The summed E-state index contributed by atoms with van der Waals surface area (Å²) in [7, 11) is 3.20. The predicted octanol–water partition coefficient (Wildman–Crippen LogP) is 3.95. The van der Waals surface area contributed by atoms with Crippen LogP contribution in [0.3, 0.4) is 0 Å². The van der Waals surface area contributed by atoms with Gasteiger partial charge in [-0.1, -0.05) is 6.07 Å². The maximum absolute atomic E-state index is 9.35. The molecule has 4 aromatic rings.